The van der Waals surface area contributed by atoms with E-state index in [1.165, 1.54) is 6.42 Å². The van der Waals surface area contributed by atoms with E-state index in [1.807, 2.05) is 24.3 Å². The van der Waals surface area contributed by atoms with E-state index in [0.29, 0.717) is 0 Å². The van der Waals surface area contributed by atoms with Gasteiger partial charge in [-0.25, -0.2) is 5.43 Å². The summed E-state index contributed by atoms with van der Waals surface area (Å²) in [6.45, 7) is 2.05. The highest BCUT2D eigenvalue weighted by Gasteiger charge is 2.20. The van der Waals surface area contributed by atoms with Gasteiger partial charge in [-0.05, 0) is 18.9 Å². The highest BCUT2D eigenvalue weighted by atomic mass is 16.3. The van der Waals surface area contributed by atoms with Crippen LogP contribution in [0, 0.1) is 5.92 Å². The Morgan fingerprint density at radius 2 is 2.09 bits per heavy atom. The molecule has 1 fully saturated rings. The van der Waals surface area contributed by atoms with Gasteiger partial charge in [0.25, 0.3) is 0 Å². The second kappa shape index (κ2) is 6.77. The zero-order chi connectivity index (χ0) is 15.4. The molecule has 2 aromatic rings. The fourth-order valence-corrected chi connectivity index (χ4v) is 3.14. The normalized spacial score (nSPS) is 16.4. The minimum absolute atomic E-state index is 0.0433. The molecule has 4 nitrogen and oxygen atoms in total. The number of fused-ring (bicyclic) bond motifs is 1. The number of nitrogens with one attached hydrogen (secondary N) is 1. The van der Waals surface area contributed by atoms with Gasteiger partial charge < -0.3 is 4.42 Å². The van der Waals surface area contributed by atoms with Crippen LogP contribution in [-0.4, -0.2) is 12.1 Å². The zero-order valence-corrected chi connectivity index (χ0v) is 13.0. The van der Waals surface area contributed by atoms with Crippen molar-refractivity contribution in [2.24, 2.45) is 11.0 Å². The number of furan rings is 1. The molecule has 0 spiro atoms. The molecule has 1 aliphatic carbocycles. The van der Waals surface area contributed by atoms with Gasteiger partial charge in [-0.1, -0.05) is 44.4 Å². The summed E-state index contributed by atoms with van der Waals surface area (Å²) in [5, 5.41) is 5.20. The SMILES string of the molecule is CCc1oc2ccccc2c1/C=N\NC(=O)C1CCCCC1. The summed E-state index contributed by atoms with van der Waals surface area (Å²) in [6, 6.07) is 7.90. The van der Waals surface area contributed by atoms with Gasteiger partial charge in [0.05, 0.1) is 6.21 Å². The molecule has 1 amide bonds. The van der Waals surface area contributed by atoms with E-state index in [-0.39, 0.29) is 11.8 Å². The fourth-order valence-electron chi connectivity index (χ4n) is 3.14. The van der Waals surface area contributed by atoms with E-state index < -0.39 is 0 Å². The van der Waals surface area contributed by atoms with Crippen molar-refractivity contribution in [1.29, 1.82) is 0 Å². The quantitative estimate of drug-likeness (QED) is 0.684. The molecule has 116 valence electrons. The molecule has 1 heterocycles. The lowest BCUT2D eigenvalue weighted by molar-refractivity contribution is -0.125. The molecule has 0 radical (unpaired) electrons. The molecule has 1 N–H and O–H groups in total. The minimum atomic E-state index is 0.0433. The van der Waals surface area contributed by atoms with Crippen LogP contribution in [0.25, 0.3) is 11.0 Å². The number of carbonyl (C=O) groups is 1. The van der Waals surface area contributed by atoms with E-state index in [0.717, 1.165) is 54.4 Å². The van der Waals surface area contributed by atoms with Gasteiger partial charge in [-0.15, -0.1) is 0 Å². The monoisotopic (exact) mass is 298 g/mol. The molecule has 1 aromatic heterocycles. The van der Waals surface area contributed by atoms with Crippen LogP contribution in [-0.2, 0) is 11.2 Å². The number of nitrogens with zero attached hydrogens (tertiary/aromatic N) is 1. The van der Waals surface area contributed by atoms with Crippen molar-refractivity contribution in [2.45, 2.75) is 45.4 Å². The summed E-state index contributed by atoms with van der Waals surface area (Å²) < 4.78 is 5.82. The van der Waals surface area contributed by atoms with Crippen molar-refractivity contribution in [1.82, 2.24) is 5.43 Å². The first-order valence-electron chi connectivity index (χ1n) is 8.13. The maximum atomic E-state index is 12.1. The third-order valence-corrected chi connectivity index (χ3v) is 4.38. The minimum Gasteiger partial charge on any atom is -0.460 e. The van der Waals surface area contributed by atoms with Crippen LogP contribution in [0.5, 0.6) is 0 Å². The summed E-state index contributed by atoms with van der Waals surface area (Å²) in [7, 11) is 0. The molecular weight excluding hydrogens is 276 g/mol. The number of benzene rings is 1. The molecule has 22 heavy (non-hydrogen) atoms. The number of para-hydroxylation sites is 1. The zero-order valence-electron chi connectivity index (χ0n) is 13.0. The van der Waals surface area contributed by atoms with Crippen molar-refractivity contribution >= 4 is 23.1 Å². The first-order chi connectivity index (χ1) is 10.8. The molecule has 0 unspecified atom stereocenters. The average molecular weight is 298 g/mol. The second-order valence-corrected chi connectivity index (χ2v) is 5.86. The van der Waals surface area contributed by atoms with Crippen LogP contribution in [0.3, 0.4) is 0 Å². The van der Waals surface area contributed by atoms with Crippen LogP contribution >= 0.6 is 0 Å². The Kier molecular flexibility index (Phi) is 4.56. The molecule has 0 saturated heterocycles. The van der Waals surface area contributed by atoms with Gasteiger partial charge in [0.2, 0.25) is 5.91 Å². The summed E-state index contributed by atoms with van der Waals surface area (Å²) in [6.07, 6.45) is 8.01. The van der Waals surface area contributed by atoms with Crippen LogP contribution in [0.2, 0.25) is 0 Å². The molecule has 4 heteroatoms. The lowest BCUT2D eigenvalue weighted by atomic mass is 9.89. The van der Waals surface area contributed by atoms with E-state index in [9.17, 15) is 4.79 Å². The third kappa shape index (κ3) is 3.06. The molecule has 0 bridgehead atoms. The van der Waals surface area contributed by atoms with Gasteiger partial charge in [-0.3, -0.25) is 4.79 Å². The summed E-state index contributed by atoms with van der Waals surface area (Å²) in [5.41, 5.74) is 4.52. The van der Waals surface area contributed by atoms with E-state index in [2.05, 4.69) is 17.5 Å². The molecule has 1 aromatic carbocycles. The Bertz CT molecular complexity index is 681. The van der Waals surface area contributed by atoms with Gasteiger partial charge in [0, 0.05) is 23.3 Å². The Labute approximate surface area is 130 Å². The van der Waals surface area contributed by atoms with Crippen molar-refractivity contribution in [3.8, 4) is 0 Å². The number of hydrogen-bond donors (Lipinski definition) is 1. The number of aryl methyl sites for hydroxylation is 1. The molecule has 1 saturated carbocycles. The maximum Gasteiger partial charge on any atom is 0.243 e. The average Bonchev–Trinajstić information content (AvgIpc) is 2.93. The standard InChI is InChI=1S/C18H22N2O2/c1-2-16-15(14-10-6-7-11-17(14)22-16)12-19-20-18(21)13-8-4-3-5-9-13/h6-7,10-13H,2-5,8-9H2,1H3,(H,20,21)/b19-12-. The third-order valence-electron chi connectivity index (χ3n) is 4.38. The smallest absolute Gasteiger partial charge is 0.243 e. The van der Waals surface area contributed by atoms with Gasteiger partial charge in [-0.2, -0.15) is 5.10 Å². The second-order valence-electron chi connectivity index (χ2n) is 5.86. The van der Waals surface area contributed by atoms with Crippen molar-refractivity contribution in [3.05, 3.63) is 35.6 Å². The Balaban J connectivity index is 1.73. The highest BCUT2D eigenvalue weighted by molar-refractivity contribution is 5.99. The van der Waals surface area contributed by atoms with E-state index >= 15 is 0 Å². The predicted molar refractivity (Wildman–Crippen MR) is 87.9 cm³/mol. The summed E-state index contributed by atoms with van der Waals surface area (Å²) in [4.78, 5) is 12.1. The van der Waals surface area contributed by atoms with Crippen molar-refractivity contribution in [3.63, 3.8) is 0 Å². The van der Waals surface area contributed by atoms with Crippen LogP contribution in [0.4, 0.5) is 0 Å². The highest BCUT2D eigenvalue weighted by Crippen LogP contribution is 2.25. The number of amides is 1. The number of hydrazone groups is 1. The predicted octanol–water partition coefficient (Wildman–Crippen LogP) is 4.03. The topological polar surface area (TPSA) is 54.6 Å². The van der Waals surface area contributed by atoms with Gasteiger partial charge in [0.1, 0.15) is 11.3 Å². The Morgan fingerprint density at radius 1 is 1.32 bits per heavy atom. The van der Waals surface area contributed by atoms with Gasteiger partial charge >= 0.3 is 0 Å². The lowest BCUT2D eigenvalue weighted by Gasteiger charge is -2.19. The number of rotatable bonds is 4. The first-order valence-corrected chi connectivity index (χ1v) is 8.13. The van der Waals surface area contributed by atoms with Crippen molar-refractivity contribution < 1.29 is 9.21 Å². The molecular formula is C18H22N2O2. The summed E-state index contributed by atoms with van der Waals surface area (Å²) >= 11 is 0. The first kappa shape index (κ1) is 14.8. The maximum absolute atomic E-state index is 12.1. The molecule has 0 atom stereocenters. The van der Waals surface area contributed by atoms with Crippen molar-refractivity contribution in [2.75, 3.05) is 0 Å². The van der Waals surface area contributed by atoms with E-state index in [1.54, 1.807) is 6.21 Å². The lowest BCUT2D eigenvalue weighted by Crippen LogP contribution is -2.28. The summed E-state index contributed by atoms with van der Waals surface area (Å²) in [5.74, 6) is 1.07. The Morgan fingerprint density at radius 3 is 2.86 bits per heavy atom. The largest absolute Gasteiger partial charge is 0.460 e. The molecule has 1 aliphatic rings. The fraction of sp³-hybridized carbons (Fsp3) is 0.444. The van der Waals surface area contributed by atoms with E-state index in [4.69, 9.17) is 4.42 Å². The van der Waals surface area contributed by atoms with Crippen LogP contribution < -0.4 is 5.43 Å². The molecule has 3 rings (SSSR count). The van der Waals surface area contributed by atoms with Crippen LogP contribution in [0.1, 0.15) is 50.4 Å². The Hall–Kier alpha value is -2.10. The van der Waals surface area contributed by atoms with Gasteiger partial charge in [0.15, 0.2) is 0 Å². The number of hydrogen-bond acceptors (Lipinski definition) is 3. The molecule has 0 aliphatic heterocycles. The number of carbonyl (C=O) groups excluding carboxylic acids is 1. The van der Waals surface area contributed by atoms with Crippen LogP contribution in [0.15, 0.2) is 33.8 Å².